The van der Waals surface area contributed by atoms with Crippen LogP contribution in [0, 0.1) is 12.8 Å². The molecule has 0 aliphatic heterocycles. The molecule has 1 fully saturated rings. The Kier molecular flexibility index (Phi) is 4.12. The highest BCUT2D eigenvalue weighted by Gasteiger charge is 2.20. The lowest BCUT2D eigenvalue weighted by Crippen LogP contribution is -2.25. The number of hydrogen-bond acceptors (Lipinski definition) is 3. The van der Waals surface area contributed by atoms with Gasteiger partial charge in [0, 0.05) is 17.7 Å². The van der Waals surface area contributed by atoms with Crippen LogP contribution in [0.5, 0.6) is 0 Å². The van der Waals surface area contributed by atoms with Crippen LogP contribution in [0.1, 0.15) is 44.2 Å². The van der Waals surface area contributed by atoms with Gasteiger partial charge >= 0.3 is 5.69 Å². The zero-order valence-electron chi connectivity index (χ0n) is 10.7. The fourth-order valence-electron chi connectivity index (χ4n) is 2.41. The molecule has 0 bridgehead atoms. The zero-order chi connectivity index (χ0) is 13.0. The molecule has 18 heavy (non-hydrogen) atoms. The quantitative estimate of drug-likeness (QED) is 0.787. The normalized spacial score (nSPS) is 17.2. The number of carbonyl (C=O) groups excluding carboxylic acids is 1. The average Bonchev–Trinajstić information content (AvgIpc) is 2.55. The van der Waals surface area contributed by atoms with Gasteiger partial charge in [-0.3, -0.25) is 4.79 Å². The maximum atomic E-state index is 12.1. The summed E-state index contributed by atoms with van der Waals surface area (Å²) in [5.41, 5.74) is 0.275. The largest absolute Gasteiger partial charge is 0.347 e. The van der Waals surface area contributed by atoms with Gasteiger partial charge in [-0.15, -0.1) is 0 Å². The molecule has 0 spiro atoms. The summed E-state index contributed by atoms with van der Waals surface area (Å²) in [5, 5.41) is 2.75. The molecule has 0 saturated heterocycles. The minimum atomic E-state index is -0.425. The lowest BCUT2D eigenvalue weighted by atomic mass is 9.99. The number of amides is 1. The van der Waals surface area contributed by atoms with Crippen molar-refractivity contribution in [3.8, 4) is 0 Å². The molecule has 2 rings (SSSR count). The Hall–Kier alpha value is -1.65. The van der Waals surface area contributed by atoms with Crippen molar-refractivity contribution in [1.29, 1.82) is 0 Å². The number of anilines is 1. The molecule has 1 aliphatic rings. The zero-order valence-corrected chi connectivity index (χ0v) is 10.7. The lowest BCUT2D eigenvalue weighted by molar-refractivity contribution is -0.120. The Labute approximate surface area is 106 Å². The number of aryl methyl sites for hydroxylation is 1. The van der Waals surface area contributed by atoms with Crippen LogP contribution in [-0.4, -0.2) is 15.9 Å². The molecule has 1 aliphatic carbocycles. The fourth-order valence-corrected chi connectivity index (χ4v) is 2.41. The number of nitrogens with one attached hydrogen (secondary N) is 2. The summed E-state index contributed by atoms with van der Waals surface area (Å²) >= 11 is 0. The molecule has 1 amide bonds. The first-order valence-electron chi connectivity index (χ1n) is 6.54. The number of rotatable bonds is 2. The van der Waals surface area contributed by atoms with Crippen molar-refractivity contribution in [1.82, 2.24) is 9.97 Å². The second kappa shape index (κ2) is 5.80. The van der Waals surface area contributed by atoms with Gasteiger partial charge in [0.25, 0.3) is 0 Å². The Morgan fingerprint density at radius 2 is 2.00 bits per heavy atom. The maximum Gasteiger partial charge on any atom is 0.347 e. The van der Waals surface area contributed by atoms with E-state index in [2.05, 4.69) is 15.3 Å². The Morgan fingerprint density at radius 3 is 2.61 bits per heavy atom. The smallest absolute Gasteiger partial charge is 0.310 e. The van der Waals surface area contributed by atoms with E-state index in [0.717, 1.165) is 25.7 Å². The summed E-state index contributed by atoms with van der Waals surface area (Å²) in [7, 11) is 0. The van der Waals surface area contributed by atoms with Gasteiger partial charge in [0.05, 0.1) is 0 Å². The highest BCUT2D eigenvalue weighted by molar-refractivity contribution is 5.91. The van der Waals surface area contributed by atoms with Gasteiger partial charge in [0.15, 0.2) is 0 Å². The molecule has 0 atom stereocenters. The summed E-state index contributed by atoms with van der Waals surface area (Å²) < 4.78 is 0. The molecule has 1 aromatic rings. The molecule has 1 heterocycles. The molecule has 0 aromatic carbocycles. The van der Waals surface area contributed by atoms with Gasteiger partial charge in [-0.1, -0.05) is 25.7 Å². The monoisotopic (exact) mass is 249 g/mol. The van der Waals surface area contributed by atoms with E-state index in [9.17, 15) is 9.59 Å². The van der Waals surface area contributed by atoms with E-state index >= 15 is 0 Å². The van der Waals surface area contributed by atoms with E-state index < -0.39 is 5.69 Å². The van der Waals surface area contributed by atoms with Gasteiger partial charge in [-0.05, 0) is 19.8 Å². The molecule has 0 radical (unpaired) electrons. The number of hydrogen-bond donors (Lipinski definition) is 2. The van der Waals surface area contributed by atoms with Crippen molar-refractivity contribution >= 4 is 11.7 Å². The Bertz CT molecular complexity index is 473. The van der Waals surface area contributed by atoms with Crippen LogP contribution in [0.3, 0.4) is 0 Å². The maximum absolute atomic E-state index is 12.1. The Morgan fingerprint density at radius 1 is 1.33 bits per heavy atom. The van der Waals surface area contributed by atoms with Crippen LogP contribution in [0.25, 0.3) is 0 Å². The van der Waals surface area contributed by atoms with E-state index in [1.54, 1.807) is 13.0 Å². The van der Waals surface area contributed by atoms with Crippen LogP contribution in [0.15, 0.2) is 10.9 Å². The topological polar surface area (TPSA) is 74.8 Å². The summed E-state index contributed by atoms with van der Waals surface area (Å²) in [6.45, 7) is 1.77. The van der Waals surface area contributed by atoms with Crippen LogP contribution < -0.4 is 11.0 Å². The van der Waals surface area contributed by atoms with Crippen molar-refractivity contribution in [2.45, 2.75) is 45.4 Å². The van der Waals surface area contributed by atoms with Crippen molar-refractivity contribution in [2.24, 2.45) is 5.92 Å². The number of carbonyl (C=O) groups is 1. The third kappa shape index (κ3) is 3.42. The van der Waals surface area contributed by atoms with Crippen LogP contribution in [0.4, 0.5) is 5.82 Å². The lowest BCUT2D eigenvalue weighted by Gasteiger charge is -2.13. The second-order valence-electron chi connectivity index (χ2n) is 4.93. The number of aromatic nitrogens is 2. The van der Waals surface area contributed by atoms with Crippen LogP contribution in [-0.2, 0) is 4.79 Å². The molecule has 0 unspecified atom stereocenters. The first-order chi connectivity index (χ1) is 8.65. The molecule has 1 aromatic heterocycles. The first-order valence-corrected chi connectivity index (χ1v) is 6.54. The molecular formula is C13H19N3O2. The van der Waals surface area contributed by atoms with E-state index in [1.165, 1.54) is 12.8 Å². The SMILES string of the molecule is Cc1cc(NC(=O)C2CCCCCC2)nc(=O)[nH]1. The number of aromatic amines is 1. The highest BCUT2D eigenvalue weighted by atomic mass is 16.2. The van der Waals surface area contributed by atoms with Crippen molar-refractivity contribution in [3.05, 3.63) is 22.2 Å². The molecule has 98 valence electrons. The molecule has 5 nitrogen and oxygen atoms in total. The molecule has 1 saturated carbocycles. The van der Waals surface area contributed by atoms with Crippen molar-refractivity contribution in [2.75, 3.05) is 5.32 Å². The standard InChI is InChI=1S/C13H19N3O2/c1-9-8-11(16-13(18)14-9)15-12(17)10-6-4-2-3-5-7-10/h8,10H,2-7H2,1H3,(H2,14,15,16,17,18). The van der Waals surface area contributed by atoms with Gasteiger partial charge in [0.1, 0.15) is 5.82 Å². The fraction of sp³-hybridized carbons (Fsp3) is 0.615. The first kappa shape index (κ1) is 12.8. The van der Waals surface area contributed by atoms with Crippen LogP contribution in [0.2, 0.25) is 0 Å². The average molecular weight is 249 g/mol. The predicted octanol–water partition coefficient (Wildman–Crippen LogP) is 1.99. The minimum Gasteiger partial charge on any atom is -0.310 e. The molecule has 5 heteroatoms. The van der Waals surface area contributed by atoms with Gasteiger partial charge in [-0.25, -0.2) is 4.79 Å². The summed E-state index contributed by atoms with van der Waals surface area (Å²) in [4.78, 5) is 29.6. The van der Waals surface area contributed by atoms with E-state index in [-0.39, 0.29) is 11.8 Å². The third-order valence-electron chi connectivity index (χ3n) is 3.36. The van der Waals surface area contributed by atoms with Crippen LogP contribution >= 0.6 is 0 Å². The van der Waals surface area contributed by atoms with E-state index in [1.807, 2.05) is 0 Å². The number of H-pyrrole nitrogens is 1. The van der Waals surface area contributed by atoms with Crippen molar-refractivity contribution in [3.63, 3.8) is 0 Å². The minimum absolute atomic E-state index is 0.00519. The molecular weight excluding hydrogens is 230 g/mol. The van der Waals surface area contributed by atoms with Crippen molar-refractivity contribution < 1.29 is 4.79 Å². The predicted molar refractivity (Wildman–Crippen MR) is 69.4 cm³/mol. The third-order valence-corrected chi connectivity index (χ3v) is 3.36. The summed E-state index contributed by atoms with van der Waals surface area (Å²) in [6, 6.07) is 1.68. The van der Waals surface area contributed by atoms with E-state index in [0.29, 0.717) is 11.5 Å². The molecule has 2 N–H and O–H groups in total. The summed E-state index contributed by atoms with van der Waals surface area (Å²) in [5.74, 6) is 0.411. The Balaban J connectivity index is 2.03. The second-order valence-corrected chi connectivity index (χ2v) is 4.93. The summed E-state index contributed by atoms with van der Waals surface area (Å²) in [6.07, 6.45) is 6.53. The van der Waals surface area contributed by atoms with Gasteiger partial charge in [0.2, 0.25) is 5.91 Å². The van der Waals surface area contributed by atoms with E-state index in [4.69, 9.17) is 0 Å². The number of nitrogens with zero attached hydrogens (tertiary/aromatic N) is 1. The van der Waals surface area contributed by atoms with Gasteiger partial charge in [-0.2, -0.15) is 4.98 Å². The van der Waals surface area contributed by atoms with Gasteiger partial charge < -0.3 is 10.3 Å². The highest BCUT2D eigenvalue weighted by Crippen LogP contribution is 2.23.